The fourth-order valence-corrected chi connectivity index (χ4v) is 2.44. The maximum absolute atomic E-state index is 10.5. The number of aromatic nitrogens is 2. The summed E-state index contributed by atoms with van der Waals surface area (Å²) in [4.78, 5) is 4.33. The molecule has 0 bridgehead atoms. The SMILES string of the molecule is CCn1ccnc1CC(O)c1cc(C)c(C)cc1C. The third-order valence-electron chi connectivity index (χ3n) is 3.76. The number of imidazole rings is 1. The van der Waals surface area contributed by atoms with Crippen molar-refractivity contribution in [2.75, 3.05) is 0 Å². The molecule has 0 amide bonds. The molecule has 1 atom stereocenters. The average Bonchev–Trinajstić information content (AvgIpc) is 2.80. The third-order valence-corrected chi connectivity index (χ3v) is 3.76. The molecule has 0 aliphatic rings. The minimum absolute atomic E-state index is 0.494. The Bertz CT molecular complexity index is 572. The van der Waals surface area contributed by atoms with Gasteiger partial charge in [0.1, 0.15) is 5.82 Å². The molecule has 2 rings (SSSR count). The monoisotopic (exact) mass is 258 g/mol. The Kier molecular flexibility index (Phi) is 4.05. The number of nitrogens with zero attached hydrogens (tertiary/aromatic N) is 2. The summed E-state index contributed by atoms with van der Waals surface area (Å²) in [5.41, 5.74) is 4.64. The normalized spacial score (nSPS) is 12.7. The Morgan fingerprint density at radius 2 is 1.84 bits per heavy atom. The van der Waals surface area contributed by atoms with Gasteiger partial charge in [-0.05, 0) is 49.9 Å². The van der Waals surface area contributed by atoms with Crippen LogP contribution in [0.1, 0.15) is 41.1 Å². The summed E-state index contributed by atoms with van der Waals surface area (Å²) in [6, 6.07) is 4.23. The molecule has 0 saturated carbocycles. The van der Waals surface area contributed by atoms with Gasteiger partial charge >= 0.3 is 0 Å². The zero-order chi connectivity index (χ0) is 14.0. The van der Waals surface area contributed by atoms with Gasteiger partial charge in [-0.1, -0.05) is 12.1 Å². The second-order valence-electron chi connectivity index (χ2n) is 5.14. The van der Waals surface area contributed by atoms with Crippen LogP contribution in [0.5, 0.6) is 0 Å². The molecular weight excluding hydrogens is 236 g/mol. The van der Waals surface area contributed by atoms with Crippen LogP contribution in [0.2, 0.25) is 0 Å². The lowest BCUT2D eigenvalue weighted by atomic mass is 9.95. The van der Waals surface area contributed by atoms with E-state index in [1.807, 2.05) is 6.20 Å². The molecule has 0 spiro atoms. The maximum Gasteiger partial charge on any atom is 0.111 e. The lowest BCUT2D eigenvalue weighted by Crippen LogP contribution is -2.10. The van der Waals surface area contributed by atoms with Crippen molar-refractivity contribution in [2.45, 2.75) is 46.8 Å². The summed E-state index contributed by atoms with van der Waals surface area (Å²) in [5, 5.41) is 10.5. The summed E-state index contributed by atoms with van der Waals surface area (Å²) in [6.07, 6.45) is 3.81. The van der Waals surface area contributed by atoms with Crippen LogP contribution in [-0.4, -0.2) is 14.7 Å². The molecule has 1 heterocycles. The molecule has 0 aliphatic carbocycles. The topological polar surface area (TPSA) is 38.0 Å². The summed E-state index contributed by atoms with van der Waals surface area (Å²) in [5.74, 6) is 0.938. The van der Waals surface area contributed by atoms with E-state index in [4.69, 9.17) is 0 Å². The molecule has 3 heteroatoms. The highest BCUT2D eigenvalue weighted by molar-refractivity contribution is 5.37. The summed E-state index contributed by atoms with van der Waals surface area (Å²) >= 11 is 0. The third kappa shape index (κ3) is 2.87. The second-order valence-corrected chi connectivity index (χ2v) is 5.14. The standard InChI is InChI=1S/C16H22N2O/c1-5-18-7-6-17-16(18)10-15(19)14-9-12(3)11(2)8-13(14)4/h6-9,15,19H,5,10H2,1-4H3. The van der Waals surface area contributed by atoms with E-state index in [0.29, 0.717) is 6.42 Å². The largest absolute Gasteiger partial charge is 0.388 e. The van der Waals surface area contributed by atoms with E-state index in [9.17, 15) is 5.11 Å². The molecule has 19 heavy (non-hydrogen) atoms. The van der Waals surface area contributed by atoms with Crippen molar-refractivity contribution in [2.24, 2.45) is 0 Å². The van der Waals surface area contributed by atoms with Crippen molar-refractivity contribution < 1.29 is 5.11 Å². The first-order valence-electron chi connectivity index (χ1n) is 6.78. The predicted octanol–water partition coefficient (Wildman–Crippen LogP) is 3.10. The smallest absolute Gasteiger partial charge is 0.111 e. The van der Waals surface area contributed by atoms with Crippen LogP contribution in [-0.2, 0) is 13.0 Å². The number of hydrogen-bond donors (Lipinski definition) is 1. The molecule has 1 aromatic heterocycles. The van der Waals surface area contributed by atoms with Crippen LogP contribution in [0.4, 0.5) is 0 Å². The minimum Gasteiger partial charge on any atom is -0.388 e. The van der Waals surface area contributed by atoms with Crippen molar-refractivity contribution >= 4 is 0 Å². The molecule has 102 valence electrons. The first kappa shape index (κ1) is 13.8. The Morgan fingerprint density at radius 3 is 2.53 bits per heavy atom. The van der Waals surface area contributed by atoms with E-state index in [1.54, 1.807) is 6.20 Å². The molecule has 0 radical (unpaired) electrons. The van der Waals surface area contributed by atoms with Crippen LogP contribution in [0.15, 0.2) is 24.5 Å². The Balaban J connectivity index is 2.25. The molecule has 0 fully saturated rings. The molecule has 0 saturated heterocycles. The first-order chi connectivity index (χ1) is 9.02. The van der Waals surface area contributed by atoms with Crippen molar-refractivity contribution in [3.05, 3.63) is 52.6 Å². The fourth-order valence-electron chi connectivity index (χ4n) is 2.44. The van der Waals surface area contributed by atoms with Gasteiger partial charge in [0.2, 0.25) is 0 Å². The molecule has 1 N–H and O–H groups in total. The quantitative estimate of drug-likeness (QED) is 0.915. The summed E-state index contributed by atoms with van der Waals surface area (Å²) in [6.45, 7) is 9.20. The van der Waals surface area contributed by atoms with Crippen molar-refractivity contribution in [3.63, 3.8) is 0 Å². The molecule has 1 aromatic carbocycles. The first-order valence-corrected chi connectivity index (χ1v) is 6.78. The highest BCUT2D eigenvalue weighted by Crippen LogP contribution is 2.24. The van der Waals surface area contributed by atoms with Gasteiger partial charge in [-0.15, -0.1) is 0 Å². The van der Waals surface area contributed by atoms with Gasteiger partial charge in [-0.25, -0.2) is 4.98 Å². The van der Waals surface area contributed by atoms with Gasteiger partial charge in [-0.2, -0.15) is 0 Å². The van der Waals surface area contributed by atoms with E-state index in [2.05, 4.69) is 49.4 Å². The van der Waals surface area contributed by atoms with Crippen molar-refractivity contribution in [1.82, 2.24) is 9.55 Å². The molecular formula is C16H22N2O. The van der Waals surface area contributed by atoms with E-state index in [-0.39, 0.29) is 0 Å². The van der Waals surface area contributed by atoms with Crippen LogP contribution >= 0.6 is 0 Å². The van der Waals surface area contributed by atoms with E-state index >= 15 is 0 Å². The predicted molar refractivity (Wildman–Crippen MR) is 77.2 cm³/mol. The van der Waals surface area contributed by atoms with Crippen LogP contribution in [0, 0.1) is 20.8 Å². The van der Waals surface area contributed by atoms with Gasteiger partial charge in [0.25, 0.3) is 0 Å². The van der Waals surface area contributed by atoms with Gasteiger partial charge in [0, 0.05) is 25.4 Å². The van der Waals surface area contributed by atoms with Crippen molar-refractivity contribution in [3.8, 4) is 0 Å². The lowest BCUT2D eigenvalue weighted by Gasteiger charge is -2.16. The number of rotatable bonds is 4. The van der Waals surface area contributed by atoms with Crippen LogP contribution in [0.25, 0.3) is 0 Å². The van der Waals surface area contributed by atoms with E-state index in [1.165, 1.54) is 11.1 Å². The number of aliphatic hydroxyl groups is 1. The molecule has 0 aliphatic heterocycles. The van der Waals surface area contributed by atoms with Gasteiger partial charge in [0.05, 0.1) is 6.10 Å². The van der Waals surface area contributed by atoms with Gasteiger partial charge < -0.3 is 9.67 Å². The zero-order valence-electron chi connectivity index (χ0n) is 12.1. The second kappa shape index (κ2) is 5.57. The van der Waals surface area contributed by atoms with E-state index < -0.39 is 6.10 Å². The fraction of sp³-hybridized carbons (Fsp3) is 0.438. The highest BCUT2D eigenvalue weighted by atomic mass is 16.3. The number of aryl methyl sites for hydroxylation is 4. The molecule has 3 nitrogen and oxygen atoms in total. The zero-order valence-corrected chi connectivity index (χ0v) is 12.1. The maximum atomic E-state index is 10.5. The Hall–Kier alpha value is -1.61. The van der Waals surface area contributed by atoms with Crippen LogP contribution < -0.4 is 0 Å². The van der Waals surface area contributed by atoms with Gasteiger partial charge in [-0.3, -0.25) is 0 Å². The van der Waals surface area contributed by atoms with Crippen LogP contribution in [0.3, 0.4) is 0 Å². The Morgan fingerprint density at radius 1 is 1.16 bits per heavy atom. The number of benzene rings is 1. The van der Waals surface area contributed by atoms with Gasteiger partial charge in [0.15, 0.2) is 0 Å². The minimum atomic E-state index is -0.494. The summed E-state index contributed by atoms with van der Waals surface area (Å²) < 4.78 is 2.07. The lowest BCUT2D eigenvalue weighted by molar-refractivity contribution is 0.173. The number of aliphatic hydroxyl groups excluding tert-OH is 1. The van der Waals surface area contributed by atoms with Crippen molar-refractivity contribution in [1.29, 1.82) is 0 Å². The highest BCUT2D eigenvalue weighted by Gasteiger charge is 2.15. The summed E-state index contributed by atoms with van der Waals surface area (Å²) in [7, 11) is 0. The number of hydrogen-bond acceptors (Lipinski definition) is 2. The molecule has 2 aromatic rings. The average molecular weight is 258 g/mol. The Labute approximate surface area is 114 Å². The molecule has 1 unspecified atom stereocenters. The van der Waals surface area contributed by atoms with E-state index in [0.717, 1.165) is 23.5 Å².